The van der Waals surface area contributed by atoms with Gasteiger partial charge in [0, 0.05) is 49.3 Å². The molecule has 12 aromatic rings. The molecular formula is C54H34N2O. The molecule has 0 saturated heterocycles. The lowest BCUT2D eigenvalue weighted by molar-refractivity contribution is 0.670. The summed E-state index contributed by atoms with van der Waals surface area (Å²) in [6.07, 6.45) is 0. The van der Waals surface area contributed by atoms with E-state index in [4.69, 9.17) is 9.90 Å². The third-order valence-corrected chi connectivity index (χ3v) is 11.2. The van der Waals surface area contributed by atoms with E-state index in [1.807, 2.05) is 84.9 Å². The molecule has 266 valence electrons. The number of para-hydroxylation sites is 5. The van der Waals surface area contributed by atoms with Gasteiger partial charge in [0.05, 0.1) is 31.7 Å². The fourth-order valence-electron chi connectivity index (χ4n) is 8.61. The van der Waals surface area contributed by atoms with Crippen LogP contribution in [0.5, 0.6) is 0 Å². The number of nitrogens with zero attached hydrogens (tertiary/aromatic N) is 2. The highest BCUT2D eigenvalue weighted by atomic mass is 16.3. The maximum atomic E-state index is 9.91. The Kier molecular flexibility index (Phi) is 5.56. The first-order chi connectivity index (χ1) is 31.2. The normalized spacial score (nSPS) is 13.6. The van der Waals surface area contributed by atoms with Crippen LogP contribution in [-0.4, -0.2) is 9.13 Å². The molecule has 9 aromatic carbocycles. The molecule has 0 amide bonds. The van der Waals surface area contributed by atoms with Crippen LogP contribution in [0.25, 0.3) is 110 Å². The first-order valence-electron chi connectivity index (χ1n) is 22.4. The molecule has 0 bridgehead atoms. The van der Waals surface area contributed by atoms with Crippen LogP contribution < -0.4 is 0 Å². The average molecular weight is 734 g/mol. The van der Waals surface area contributed by atoms with Gasteiger partial charge >= 0.3 is 0 Å². The number of fused-ring (bicyclic) bond motifs is 9. The third kappa shape index (κ3) is 4.86. The summed E-state index contributed by atoms with van der Waals surface area (Å²) in [6.45, 7) is 0. The minimum absolute atomic E-state index is 0.0399. The van der Waals surface area contributed by atoms with E-state index >= 15 is 0 Å². The van der Waals surface area contributed by atoms with Gasteiger partial charge in [-0.3, -0.25) is 0 Å². The Hall–Kier alpha value is -7.62. The molecule has 0 aliphatic carbocycles. The fraction of sp³-hybridized carbons (Fsp3) is 0. The number of furan rings is 1. The van der Waals surface area contributed by atoms with Gasteiger partial charge in [-0.2, -0.15) is 0 Å². The largest absolute Gasteiger partial charge is 0.455 e. The third-order valence-electron chi connectivity index (χ3n) is 11.2. The Bertz CT molecular complexity index is 3910. The summed E-state index contributed by atoms with van der Waals surface area (Å²) in [5.74, 6) is 0. The molecule has 57 heavy (non-hydrogen) atoms. The van der Waals surface area contributed by atoms with Crippen LogP contribution in [-0.2, 0) is 0 Å². The minimum atomic E-state index is -0.428. The van der Waals surface area contributed by atoms with Crippen LogP contribution in [0.1, 0.15) is 9.60 Å². The highest BCUT2D eigenvalue weighted by molar-refractivity contribution is 6.17. The summed E-state index contributed by atoms with van der Waals surface area (Å²) >= 11 is 0. The highest BCUT2D eigenvalue weighted by Gasteiger charge is 2.19. The number of aromatic nitrogens is 2. The average Bonchev–Trinajstić information content (AvgIpc) is 4.02. The standard InChI is InChI=1S/C54H34N2O/c1-2-12-39(13-3-1)56-48-20-7-4-14-43(48)44-33-30-38(34-51(44)56)41-17-11-22-50-53(41)47-16-5-8-21-49(47)55(50)40-31-28-36(29-32-40)35-24-26-37(27-25-35)42-18-10-19-46-45-15-6-9-23-52(45)57-54(42)46/h1-34H/i4D,7D,14D,20D,30D,33D,34D. The van der Waals surface area contributed by atoms with Gasteiger partial charge in [0.2, 0.25) is 0 Å². The van der Waals surface area contributed by atoms with Crippen molar-refractivity contribution in [2.45, 2.75) is 0 Å². The Morgan fingerprint density at radius 1 is 0.368 bits per heavy atom. The summed E-state index contributed by atoms with van der Waals surface area (Å²) in [5.41, 5.74) is 10.6. The van der Waals surface area contributed by atoms with E-state index in [1.165, 1.54) is 0 Å². The lowest BCUT2D eigenvalue weighted by Crippen LogP contribution is -1.94. The van der Waals surface area contributed by atoms with Crippen LogP contribution in [0.3, 0.4) is 0 Å². The van der Waals surface area contributed by atoms with Gasteiger partial charge in [-0.15, -0.1) is 0 Å². The molecule has 3 aromatic heterocycles. The molecule has 3 heteroatoms. The lowest BCUT2D eigenvalue weighted by Gasteiger charge is -2.11. The molecule has 0 aliphatic heterocycles. The minimum Gasteiger partial charge on any atom is -0.455 e. The smallest absolute Gasteiger partial charge is 0.143 e. The molecule has 3 nitrogen and oxygen atoms in total. The van der Waals surface area contributed by atoms with Gasteiger partial charge in [0.1, 0.15) is 11.2 Å². The van der Waals surface area contributed by atoms with Crippen molar-refractivity contribution < 1.29 is 14.0 Å². The van der Waals surface area contributed by atoms with Crippen LogP contribution in [0, 0.1) is 0 Å². The number of hydrogen-bond acceptors (Lipinski definition) is 1. The predicted molar refractivity (Wildman–Crippen MR) is 239 cm³/mol. The molecule has 0 saturated carbocycles. The van der Waals surface area contributed by atoms with Crippen molar-refractivity contribution in [3.63, 3.8) is 0 Å². The number of benzene rings is 9. The molecular weight excluding hydrogens is 693 g/mol. The number of hydrogen-bond donors (Lipinski definition) is 0. The topological polar surface area (TPSA) is 23.0 Å². The van der Waals surface area contributed by atoms with Crippen molar-refractivity contribution in [1.82, 2.24) is 9.13 Å². The fourth-order valence-corrected chi connectivity index (χ4v) is 8.61. The van der Waals surface area contributed by atoms with Gasteiger partial charge in [-0.05, 0) is 82.4 Å². The van der Waals surface area contributed by atoms with E-state index in [0.717, 1.165) is 71.7 Å². The van der Waals surface area contributed by atoms with Crippen LogP contribution in [0.15, 0.2) is 211 Å². The zero-order chi connectivity index (χ0) is 43.5. The molecule has 0 unspecified atom stereocenters. The quantitative estimate of drug-likeness (QED) is 0.173. The SMILES string of the molecule is [2H]c1c([2H])c([2H])c2c(c1[2H])c1c([2H])c([2H])c(-c3cccc4c3c3ccccc3n4-c3ccc(-c4ccc(-c5cccc6c5oc5ccccc56)cc4)cc3)c([2H])c1n2-c1ccccc1. The van der Waals surface area contributed by atoms with Crippen molar-refractivity contribution in [3.05, 3.63) is 206 Å². The summed E-state index contributed by atoms with van der Waals surface area (Å²) in [6, 6.07) is 52.6. The van der Waals surface area contributed by atoms with E-state index < -0.39 is 12.1 Å². The molecule has 0 aliphatic rings. The molecule has 0 N–H and O–H groups in total. The zero-order valence-corrected chi connectivity index (χ0v) is 30.4. The monoisotopic (exact) mass is 733 g/mol. The predicted octanol–water partition coefficient (Wildman–Crippen LogP) is 14.8. The second-order valence-corrected chi connectivity index (χ2v) is 14.3. The molecule has 12 rings (SSSR count). The van der Waals surface area contributed by atoms with Crippen molar-refractivity contribution >= 4 is 65.6 Å². The Balaban J connectivity index is 1.01. The number of rotatable bonds is 5. The first-order valence-corrected chi connectivity index (χ1v) is 18.9. The van der Waals surface area contributed by atoms with Crippen molar-refractivity contribution in [2.75, 3.05) is 0 Å². The van der Waals surface area contributed by atoms with Crippen LogP contribution in [0.2, 0.25) is 0 Å². The van der Waals surface area contributed by atoms with Gasteiger partial charge < -0.3 is 13.6 Å². The van der Waals surface area contributed by atoms with Gasteiger partial charge in [-0.1, -0.05) is 152 Å². The van der Waals surface area contributed by atoms with Crippen LogP contribution >= 0.6 is 0 Å². The maximum Gasteiger partial charge on any atom is 0.143 e. The molecule has 0 fully saturated rings. The van der Waals surface area contributed by atoms with Crippen molar-refractivity contribution in [1.29, 1.82) is 0 Å². The van der Waals surface area contributed by atoms with E-state index in [9.17, 15) is 4.11 Å². The first kappa shape index (κ1) is 25.5. The highest BCUT2D eigenvalue weighted by Crippen LogP contribution is 2.42. The molecule has 0 radical (unpaired) electrons. The van der Waals surface area contributed by atoms with E-state index in [-0.39, 0.29) is 57.6 Å². The Morgan fingerprint density at radius 2 is 0.982 bits per heavy atom. The second-order valence-electron chi connectivity index (χ2n) is 14.3. The molecule has 0 atom stereocenters. The maximum absolute atomic E-state index is 9.91. The Labute approximate surface area is 338 Å². The zero-order valence-electron chi connectivity index (χ0n) is 37.4. The van der Waals surface area contributed by atoms with Gasteiger partial charge in [0.15, 0.2) is 0 Å². The molecule has 3 heterocycles. The summed E-state index contributed by atoms with van der Waals surface area (Å²) in [4.78, 5) is 0. The van der Waals surface area contributed by atoms with E-state index in [0.29, 0.717) is 11.3 Å². The lowest BCUT2D eigenvalue weighted by atomic mass is 9.98. The second kappa shape index (κ2) is 12.5. The van der Waals surface area contributed by atoms with E-state index in [1.54, 1.807) is 4.57 Å². The summed E-state index contributed by atoms with van der Waals surface area (Å²) in [7, 11) is 0. The van der Waals surface area contributed by atoms with E-state index in [2.05, 4.69) is 83.4 Å². The van der Waals surface area contributed by atoms with Crippen molar-refractivity contribution in [3.8, 4) is 44.8 Å². The summed E-state index contributed by atoms with van der Waals surface area (Å²) in [5, 5.41) is 4.21. The van der Waals surface area contributed by atoms with Crippen LogP contribution in [0.4, 0.5) is 0 Å². The molecule has 0 spiro atoms. The van der Waals surface area contributed by atoms with Crippen molar-refractivity contribution in [2.24, 2.45) is 0 Å². The Morgan fingerprint density at radius 3 is 1.84 bits per heavy atom. The van der Waals surface area contributed by atoms with Gasteiger partial charge in [0.25, 0.3) is 0 Å². The summed E-state index contributed by atoms with van der Waals surface area (Å²) < 4.78 is 74.1. The van der Waals surface area contributed by atoms with Gasteiger partial charge in [-0.25, -0.2) is 0 Å².